The van der Waals surface area contributed by atoms with E-state index in [9.17, 15) is 4.79 Å². The highest BCUT2D eigenvalue weighted by Gasteiger charge is 2.52. The molecule has 2 fully saturated rings. The van der Waals surface area contributed by atoms with Crippen LogP contribution in [0.25, 0.3) is 0 Å². The van der Waals surface area contributed by atoms with Gasteiger partial charge in [-0.25, -0.2) is 0 Å². The number of ketones is 1. The van der Waals surface area contributed by atoms with Gasteiger partial charge in [0.1, 0.15) is 10.6 Å². The predicted octanol–water partition coefficient (Wildman–Crippen LogP) is 3.32. The molecule has 0 aliphatic carbocycles. The van der Waals surface area contributed by atoms with Crippen LogP contribution < -0.4 is 0 Å². The van der Waals surface area contributed by atoms with E-state index in [2.05, 4.69) is 49.5 Å². The standard InChI is InChI=1S/C23H37N3O3S/c1-18(2)28-13-12-25(5)19-9-11-26(16-19)23(17-22(3,4)29-14-15-30-23)21(27)20-8-6-7-10-24-20/h6-8,10,18-19H,9,11-17H2,1-5H3/t19-,23+/m0/s1. The third-order valence-corrected chi connectivity index (χ3v) is 7.46. The molecule has 7 heteroatoms. The normalized spacial score (nSPS) is 27.5. The summed E-state index contributed by atoms with van der Waals surface area (Å²) in [5.74, 6) is 0.916. The van der Waals surface area contributed by atoms with Crippen LogP contribution in [0.1, 0.15) is 51.0 Å². The van der Waals surface area contributed by atoms with Gasteiger partial charge in [0, 0.05) is 44.0 Å². The van der Waals surface area contributed by atoms with Crippen molar-refractivity contribution in [2.24, 2.45) is 0 Å². The van der Waals surface area contributed by atoms with Gasteiger partial charge in [-0.05, 0) is 53.3 Å². The van der Waals surface area contributed by atoms with Crippen LogP contribution in [0.2, 0.25) is 0 Å². The van der Waals surface area contributed by atoms with Gasteiger partial charge in [-0.3, -0.25) is 19.6 Å². The molecule has 2 atom stereocenters. The molecule has 3 rings (SSSR count). The van der Waals surface area contributed by atoms with Crippen molar-refractivity contribution in [3.8, 4) is 0 Å². The lowest BCUT2D eigenvalue weighted by Gasteiger charge is -2.42. The zero-order chi connectivity index (χ0) is 21.8. The van der Waals surface area contributed by atoms with Gasteiger partial charge in [-0.15, -0.1) is 11.8 Å². The summed E-state index contributed by atoms with van der Waals surface area (Å²) in [6.07, 6.45) is 3.67. The van der Waals surface area contributed by atoms with Gasteiger partial charge in [0.2, 0.25) is 5.78 Å². The zero-order valence-electron chi connectivity index (χ0n) is 19.1. The average Bonchev–Trinajstić information content (AvgIpc) is 3.14. The summed E-state index contributed by atoms with van der Waals surface area (Å²) < 4.78 is 11.8. The van der Waals surface area contributed by atoms with E-state index in [1.165, 1.54) is 0 Å². The highest BCUT2D eigenvalue weighted by molar-refractivity contribution is 8.01. The minimum Gasteiger partial charge on any atom is -0.377 e. The Labute approximate surface area is 185 Å². The summed E-state index contributed by atoms with van der Waals surface area (Å²) >= 11 is 1.74. The van der Waals surface area contributed by atoms with E-state index in [0.29, 0.717) is 24.8 Å². The Balaban J connectivity index is 1.80. The first-order chi connectivity index (χ1) is 14.2. The first-order valence-corrected chi connectivity index (χ1v) is 12.0. The third kappa shape index (κ3) is 5.62. The first-order valence-electron chi connectivity index (χ1n) is 11.0. The highest BCUT2D eigenvalue weighted by atomic mass is 32.2. The maximum atomic E-state index is 13.9. The number of aromatic nitrogens is 1. The van der Waals surface area contributed by atoms with Crippen LogP contribution in [0.15, 0.2) is 24.4 Å². The Kier molecular flexibility index (Phi) is 7.96. The third-order valence-electron chi connectivity index (χ3n) is 6.03. The maximum Gasteiger partial charge on any atom is 0.211 e. The fraction of sp³-hybridized carbons (Fsp3) is 0.739. The monoisotopic (exact) mass is 435 g/mol. The molecule has 2 aliphatic rings. The topological polar surface area (TPSA) is 54.9 Å². The number of hydrogen-bond donors (Lipinski definition) is 0. The van der Waals surface area contributed by atoms with Crippen LogP contribution in [0.3, 0.4) is 0 Å². The van der Waals surface area contributed by atoms with Gasteiger partial charge in [0.05, 0.1) is 24.9 Å². The predicted molar refractivity (Wildman–Crippen MR) is 122 cm³/mol. The van der Waals surface area contributed by atoms with Gasteiger partial charge in [-0.1, -0.05) is 6.07 Å². The van der Waals surface area contributed by atoms with Gasteiger partial charge < -0.3 is 9.47 Å². The van der Waals surface area contributed by atoms with Crippen LogP contribution in [0.5, 0.6) is 0 Å². The largest absolute Gasteiger partial charge is 0.377 e. The second-order valence-electron chi connectivity index (χ2n) is 9.25. The van der Waals surface area contributed by atoms with Gasteiger partial charge >= 0.3 is 0 Å². The molecule has 1 aromatic heterocycles. The number of hydrogen-bond acceptors (Lipinski definition) is 7. The summed E-state index contributed by atoms with van der Waals surface area (Å²) in [5, 5.41) is 0. The average molecular weight is 436 g/mol. The number of carbonyl (C=O) groups is 1. The molecule has 168 valence electrons. The molecule has 2 saturated heterocycles. The SMILES string of the molecule is CC(C)OCCN(C)[C@H]1CCN([C@]2(C(=O)c3ccccn3)CC(C)(C)OCCS2)C1. The van der Waals surface area contributed by atoms with Crippen molar-refractivity contribution in [2.75, 3.05) is 45.6 Å². The van der Waals surface area contributed by atoms with Gasteiger partial charge in [0.15, 0.2) is 0 Å². The minimum atomic E-state index is -0.641. The molecule has 0 spiro atoms. The molecular formula is C23H37N3O3S. The summed E-state index contributed by atoms with van der Waals surface area (Å²) in [5.41, 5.74) is 0.188. The van der Waals surface area contributed by atoms with Crippen molar-refractivity contribution in [3.05, 3.63) is 30.1 Å². The van der Waals surface area contributed by atoms with Crippen molar-refractivity contribution >= 4 is 17.5 Å². The molecule has 6 nitrogen and oxygen atoms in total. The number of ether oxygens (including phenoxy) is 2. The van der Waals surface area contributed by atoms with Gasteiger partial charge in [0.25, 0.3) is 0 Å². The van der Waals surface area contributed by atoms with Crippen LogP contribution >= 0.6 is 11.8 Å². The summed E-state index contributed by atoms with van der Waals surface area (Å²) in [6, 6.07) is 6.01. The first kappa shape index (κ1) is 23.7. The Morgan fingerprint density at radius 3 is 2.93 bits per heavy atom. The number of carbonyl (C=O) groups excluding carboxylic acids is 1. The molecule has 1 aromatic rings. The molecule has 0 bridgehead atoms. The fourth-order valence-corrected chi connectivity index (χ4v) is 5.98. The number of nitrogens with zero attached hydrogens (tertiary/aromatic N) is 3. The molecule has 0 aromatic carbocycles. The Morgan fingerprint density at radius 1 is 1.43 bits per heavy atom. The number of rotatable bonds is 8. The molecule has 0 amide bonds. The molecular weight excluding hydrogens is 398 g/mol. The van der Waals surface area contributed by atoms with E-state index >= 15 is 0 Å². The maximum absolute atomic E-state index is 13.9. The second-order valence-corrected chi connectivity index (χ2v) is 10.6. The Morgan fingerprint density at radius 2 is 2.23 bits per heavy atom. The van der Waals surface area contributed by atoms with E-state index < -0.39 is 4.87 Å². The minimum absolute atomic E-state index is 0.109. The van der Waals surface area contributed by atoms with Gasteiger partial charge in [-0.2, -0.15) is 0 Å². The van der Waals surface area contributed by atoms with Crippen molar-refractivity contribution < 1.29 is 14.3 Å². The smallest absolute Gasteiger partial charge is 0.211 e. The van der Waals surface area contributed by atoms with E-state index in [1.807, 2.05) is 18.2 Å². The number of likely N-dealkylation sites (N-methyl/N-ethyl adjacent to an activating group) is 1. The van der Waals surface area contributed by atoms with Crippen LogP contribution in [-0.4, -0.2) is 88.8 Å². The summed E-state index contributed by atoms with van der Waals surface area (Å²) in [7, 11) is 2.17. The van der Waals surface area contributed by atoms with Crippen LogP contribution in [0.4, 0.5) is 0 Å². The molecule has 3 heterocycles. The number of pyridine rings is 1. The fourth-order valence-electron chi connectivity index (χ4n) is 4.44. The number of Topliss-reactive ketones (excluding diaryl/α,β-unsaturated/α-hetero) is 1. The lowest BCUT2D eigenvalue weighted by Crippen LogP contribution is -2.55. The Hall–Kier alpha value is -0.990. The lowest BCUT2D eigenvalue weighted by molar-refractivity contribution is -0.0290. The van der Waals surface area contributed by atoms with Crippen molar-refractivity contribution in [3.63, 3.8) is 0 Å². The quantitative estimate of drug-likeness (QED) is 0.581. The Bertz CT molecular complexity index is 700. The van der Waals surface area contributed by atoms with E-state index in [-0.39, 0.29) is 17.5 Å². The molecule has 0 saturated carbocycles. The highest BCUT2D eigenvalue weighted by Crippen LogP contribution is 2.44. The van der Waals surface area contributed by atoms with Crippen LogP contribution in [-0.2, 0) is 9.47 Å². The van der Waals surface area contributed by atoms with E-state index in [1.54, 1.807) is 18.0 Å². The summed E-state index contributed by atoms with van der Waals surface area (Å²) in [4.78, 5) is 22.4. The van der Waals surface area contributed by atoms with E-state index in [4.69, 9.17) is 9.47 Å². The molecule has 30 heavy (non-hydrogen) atoms. The summed E-state index contributed by atoms with van der Waals surface area (Å²) in [6.45, 7) is 12.4. The zero-order valence-corrected chi connectivity index (χ0v) is 19.9. The lowest BCUT2D eigenvalue weighted by atomic mass is 9.92. The van der Waals surface area contributed by atoms with Crippen molar-refractivity contribution in [1.82, 2.24) is 14.8 Å². The molecule has 2 aliphatic heterocycles. The number of thioether (sulfide) groups is 1. The van der Waals surface area contributed by atoms with Crippen molar-refractivity contribution in [1.29, 1.82) is 0 Å². The molecule has 0 N–H and O–H groups in total. The van der Waals surface area contributed by atoms with Crippen molar-refractivity contribution in [2.45, 2.75) is 63.2 Å². The van der Waals surface area contributed by atoms with Crippen LogP contribution in [0, 0.1) is 0 Å². The molecule has 0 unspecified atom stereocenters. The second kappa shape index (κ2) is 10.1. The number of likely N-dealkylation sites (tertiary alicyclic amines) is 1. The van der Waals surface area contributed by atoms with E-state index in [0.717, 1.165) is 38.4 Å². The molecule has 0 radical (unpaired) electrons.